The first-order valence-corrected chi connectivity index (χ1v) is 8.83. The molecule has 0 aliphatic rings. The van der Waals surface area contributed by atoms with E-state index < -0.39 is 0 Å². The van der Waals surface area contributed by atoms with Crippen molar-refractivity contribution in [2.45, 2.75) is 44.3 Å². The van der Waals surface area contributed by atoms with Gasteiger partial charge in [0.1, 0.15) is 5.82 Å². The quantitative estimate of drug-likeness (QED) is 0.571. The van der Waals surface area contributed by atoms with Gasteiger partial charge in [-0.1, -0.05) is 24.2 Å². The number of hydrogen-bond donors (Lipinski definition) is 1. The fourth-order valence-electron chi connectivity index (χ4n) is 1.96. The lowest BCUT2D eigenvalue weighted by molar-refractivity contribution is 0.284. The van der Waals surface area contributed by atoms with E-state index >= 15 is 0 Å². The fraction of sp³-hybridized carbons (Fsp3) is 0.571. The smallest absolute Gasteiger partial charge is 0.191 e. The number of unbranched alkanes of at least 4 members (excludes halogenated alkanes) is 2. The summed E-state index contributed by atoms with van der Waals surface area (Å²) in [6.45, 7) is 3.25. The second-order valence-electron chi connectivity index (χ2n) is 4.64. The predicted molar refractivity (Wildman–Crippen MR) is 84.4 cm³/mol. The van der Waals surface area contributed by atoms with Gasteiger partial charge >= 0.3 is 0 Å². The summed E-state index contributed by atoms with van der Waals surface area (Å²) in [6, 6.07) is 4.27. The average Bonchev–Trinajstić information content (AvgIpc) is 3.07. The molecule has 0 aliphatic heterocycles. The van der Waals surface area contributed by atoms with Gasteiger partial charge in [-0.05, 0) is 37.6 Å². The van der Waals surface area contributed by atoms with E-state index in [4.69, 9.17) is 5.11 Å². The zero-order chi connectivity index (χ0) is 14.2. The maximum Gasteiger partial charge on any atom is 0.191 e. The van der Waals surface area contributed by atoms with E-state index in [9.17, 15) is 0 Å². The van der Waals surface area contributed by atoms with E-state index in [2.05, 4.69) is 32.3 Å². The van der Waals surface area contributed by atoms with Crippen molar-refractivity contribution < 1.29 is 5.11 Å². The molecule has 2 heterocycles. The van der Waals surface area contributed by atoms with E-state index in [1.165, 1.54) is 4.88 Å². The van der Waals surface area contributed by atoms with Crippen LogP contribution in [0.2, 0.25) is 0 Å². The van der Waals surface area contributed by atoms with Gasteiger partial charge in [0.15, 0.2) is 5.16 Å². The molecule has 6 heteroatoms. The van der Waals surface area contributed by atoms with Gasteiger partial charge in [0, 0.05) is 23.8 Å². The summed E-state index contributed by atoms with van der Waals surface area (Å²) in [5, 5.41) is 20.3. The standard InChI is InChI=1S/C14H21N3OS2/c1-12-15-16-14(20-10-4-2-3-9-18)17(12)8-7-13-6-5-11-19-13/h5-6,11,18H,2-4,7-10H2,1H3. The molecule has 0 aliphatic carbocycles. The number of hydrogen-bond acceptors (Lipinski definition) is 5. The molecule has 2 aromatic heterocycles. The number of rotatable bonds is 9. The SMILES string of the molecule is Cc1nnc(SCCCCCO)n1CCc1cccs1. The summed E-state index contributed by atoms with van der Waals surface area (Å²) in [5.41, 5.74) is 0. The Balaban J connectivity index is 1.83. The van der Waals surface area contributed by atoms with Gasteiger partial charge in [-0.25, -0.2) is 0 Å². The molecule has 0 fully saturated rings. The van der Waals surface area contributed by atoms with Gasteiger partial charge in [0.25, 0.3) is 0 Å². The normalized spacial score (nSPS) is 11.1. The first kappa shape index (κ1) is 15.5. The van der Waals surface area contributed by atoms with Crippen molar-refractivity contribution >= 4 is 23.1 Å². The van der Waals surface area contributed by atoms with Gasteiger partial charge in [0.05, 0.1) is 0 Å². The van der Waals surface area contributed by atoms with E-state index in [0.29, 0.717) is 6.61 Å². The Kier molecular flexibility index (Phi) is 6.56. The van der Waals surface area contributed by atoms with Crippen molar-refractivity contribution in [3.8, 4) is 0 Å². The van der Waals surface area contributed by atoms with Gasteiger partial charge in [0.2, 0.25) is 0 Å². The second-order valence-corrected chi connectivity index (χ2v) is 6.74. The molecule has 0 unspecified atom stereocenters. The largest absolute Gasteiger partial charge is 0.396 e. The van der Waals surface area contributed by atoms with Crippen LogP contribution in [0.3, 0.4) is 0 Å². The summed E-state index contributed by atoms with van der Waals surface area (Å²) >= 11 is 3.57. The van der Waals surface area contributed by atoms with Crippen molar-refractivity contribution in [2.75, 3.05) is 12.4 Å². The first-order chi connectivity index (χ1) is 9.81. The third-order valence-electron chi connectivity index (χ3n) is 3.10. The number of aliphatic hydroxyl groups is 1. The van der Waals surface area contributed by atoms with Crippen LogP contribution in [-0.4, -0.2) is 32.2 Å². The average molecular weight is 311 g/mol. The highest BCUT2D eigenvalue weighted by atomic mass is 32.2. The Labute approximate surface area is 128 Å². The molecule has 0 amide bonds. The number of nitrogens with zero attached hydrogens (tertiary/aromatic N) is 3. The van der Waals surface area contributed by atoms with Crippen LogP contribution in [0.5, 0.6) is 0 Å². The number of aryl methyl sites for hydroxylation is 2. The highest BCUT2D eigenvalue weighted by molar-refractivity contribution is 7.99. The highest BCUT2D eigenvalue weighted by Gasteiger charge is 2.09. The minimum Gasteiger partial charge on any atom is -0.396 e. The molecule has 0 saturated heterocycles. The molecule has 110 valence electrons. The Bertz CT molecular complexity index is 496. The molecule has 0 aromatic carbocycles. The molecule has 2 rings (SSSR count). The summed E-state index contributed by atoms with van der Waals surface area (Å²) in [4.78, 5) is 1.40. The van der Waals surface area contributed by atoms with E-state index in [1.54, 1.807) is 23.1 Å². The zero-order valence-corrected chi connectivity index (χ0v) is 13.4. The molecule has 0 bridgehead atoms. The summed E-state index contributed by atoms with van der Waals surface area (Å²) < 4.78 is 2.20. The molecular weight excluding hydrogens is 290 g/mol. The van der Waals surface area contributed by atoms with Gasteiger partial charge in [-0.2, -0.15) is 0 Å². The van der Waals surface area contributed by atoms with Crippen LogP contribution in [0.15, 0.2) is 22.7 Å². The van der Waals surface area contributed by atoms with Crippen LogP contribution in [0.1, 0.15) is 30.0 Å². The molecule has 0 spiro atoms. The van der Waals surface area contributed by atoms with Crippen molar-refractivity contribution in [3.05, 3.63) is 28.2 Å². The monoisotopic (exact) mass is 311 g/mol. The highest BCUT2D eigenvalue weighted by Crippen LogP contribution is 2.20. The lowest BCUT2D eigenvalue weighted by atomic mass is 10.3. The summed E-state index contributed by atoms with van der Waals surface area (Å²) in [6.07, 6.45) is 4.12. The van der Waals surface area contributed by atoms with Crippen LogP contribution in [0, 0.1) is 6.92 Å². The summed E-state index contributed by atoms with van der Waals surface area (Å²) in [7, 11) is 0. The van der Waals surface area contributed by atoms with Gasteiger partial charge < -0.3 is 9.67 Å². The van der Waals surface area contributed by atoms with Crippen molar-refractivity contribution in [2.24, 2.45) is 0 Å². The van der Waals surface area contributed by atoms with Crippen LogP contribution in [0.25, 0.3) is 0 Å². The molecule has 0 radical (unpaired) electrons. The minimum atomic E-state index is 0.292. The van der Waals surface area contributed by atoms with Crippen molar-refractivity contribution in [3.63, 3.8) is 0 Å². The maximum atomic E-state index is 8.76. The molecule has 4 nitrogen and oxygen atoms in total. The Morgan fingerprint density at radius 1 is 1.30 bits per heavy atom. The van der Waals surface area contributed by atoms with E-state index in [0.717, 1.165) is 49.0 Å². The topological polar surface area (TPSA) is 50.9 Å². The third kappa shape index (κ3) is 4.61. The fourth-order valence-corrected chi connectivity index (χ4v) is 3.66. The third-order valence-corrected chi connectivity index (χ3v) is 5.09. The Morgan fingerprint density at radius 2 is 2.20 bits per heavy atom. The number of thioether (sulfide) groups is 1. The van der Waals surface area contributed by atoms with Crippen LogP contribution < -0.4 is 0 Å². The van der Waals surface area contributed by atoms with E-state index in [1.807, 2.05) is 6.92 Å². The molecule has 1 N–H and O–H groups in total. The number of aliphatic hydroxyl groups excluding tert-OH is 1. The Morgan fingerprint density at radius 3 is 2.95 bits per heavy atom. The van der Waals surface area contributed by atoms with Crippen molar-refractivity contribution in [1.82, 2.24) is 14.8 Å². The van der Waals surface area contributed by atoms with Crippen LogP contribution in [0.4, 0.5) is 0 Å². The van der Waals surface area contributed by atoms with Crippen LogP contribution in [-0.2, 0) is 13.0 Å². The van der Waals surface area contributed by atoms with E-state index in [-0.39, 0.29) is 0 Å². The number of aromatic nitrogens is 3. The lowest BCUT2D eigenvalue weighted by Gasteiger charge is -2.07. The van der Waals surface area contributed by atoms with Gasteiger partial charge in [-0.3, -0.25) is 0 Å². The zero-order valence-electron chi connectivity index (χ0n) is 11.8. The lowest BCUT2D eigenvalue weighted by Crippen LogP contribution is -2.04. The maximum absolute atomic E-state index is 8.76. The number of thiophene rings is 1. The molecular formula is C14H21N3OS2. The van der Waals surface area contributed by atoms with Crippen LogP contribution >= 0.6 is 23.1 Å². The molecule has 0 atom stereocenters. The summed E-state index contributed by atoms with van der Waals surface area (Å²) in [5.74, 6) is 2.02. The predicted octanol–water partition coefficient (Wildman–Crippen LogP) is 3.15. The minimum absolute atomic E-state index is 0.292. The molecule has 2 aromatic rings. The first-order valence-electron chi connectivity index (χ1n) is 6.97. The van der Waals surface area contributed by atoms with Gasteiger partial charge in [-0.15, -0.1) is 21.5 Å². The Hall–Kier alpha value is -0.850. The van der Waals surface area contributed by atoms with Crippen molar-refractivity contribution in [1.29, 1.82) is 0 Å². The second kappa shape index (κ2) is 8.44. The molecule has 20 heavy (non-hydrogen) atoms. The molecule has 0 saturated carbocycles.